The number of benzene rings is 2. The number of hydrogen-bond donors (Lipinski definition) is 1. The van der Waals surface area contributed by atoms with Crippen molar-refractivity contribution in [1.82, 2.24) is 4.31 Å². The molecule has 3 rings (SSSR count). The van der Waals surface area contributed by atoms with E-state index in [-0.39, 0.29) is 37.3 Å². The summed E-state index contributed by atoms with van der Waals surface area (Å²) in [5, 5.41) is 3.58. The van der Waals surface area contributed by atoms with Crippen LogP contribution in [-0.4, -0.2) is 44.3 Å². The maximum absolute atomic E-state index is 12.8. The molecular weight excluding hydrogens is 487 g/mol. The molecule has 1 aliphatic heterocycles. The number of rotatable bonds is 7. The van der Waals surface area contributed by atoms with E-state index in [4.69, 9.17) is 27.9 Å². The minimum absolute atomic E-state index is 0.163. The summed E-state index contributed by atoms with van der Waals surface area (Å²) in [7, 11) is -3.54. The first-order valence-corrected chi connectivity index (χ1v) is 13.0. The predicted octanol–water partition coefficient (Wildman–Crippen LogP) is 4.66. The number of ether oxygens (including phenoxy) is 1. The molecule has 1 aliphatic rings. The molecule has 1 heterocycles. The van der Waals surface area contributed by atoms with Gasteiger partial charge < -0.3 is 10.1 Å². The molecule has 178 valence electrons. The number of piperidine rings is 1. The fourth-order valence-corrected chi connectivity index (χ4v) is 5.58. The van der Waals surface area contributed by atoms with Gasteiger partial charge in [0.2, 0.25) is 15.9 Å². The summed E-state index contributed by atoms with van der Waals surface area (Å²) in [5.41, 5.74) is 2.34. The van der Waals surface area contributed by atoms with Gasteiger partial charge in [0.25, 0.3) is 0 Å². The molecule has 0 radical (unpaired) electrons. The van der Waals surface area contributed by atoms with Gasteiger partial charge in [0.05, 0.1) is 28.0 Å². The third kappa shape index (κ3) is 6.47. The summed E-state index contributed by atoms with van der Waals surface area (Å²) >= 11 is 11.9. The van der Waals surface area contributed by atoms with Crippen molar-refractivity contribution in [1.29, 1.82) is 0 Å². The van der Waals surface area contributed by atoms with E-state index in [1.54, 1.807) is 50.2 Å². The Morgan fingerprint density at radius 2 is 1.79 bits per heavy atom. The highest BCUT2D eigenvalue weighted by molar-refractivity contribution is 7.88. The molecule has 0 spiro atoms. The van der Waals surface area contributed by atoms with Gasteiger partial charge in [-0.1, -0.05) is 29.3 Å². The van der Waals surface area contributed by atoms with Gasteiger partial charge in [0.1, 0.15) is 0 Å². The van der Waals surface area contributed by atoms with E-state index >= 15 is 0 Å². The number of esters is 1. The number of carbonyl (C=O) groups excluding carboxylic acids is 2. The molecule has 7 nitrogen and oxygen atoms in total. The van der Waals surface area contributed by atoms with Crippen LogP contribution in [0, 0.1) is 12.8 Å². The first-order valence-electron chi connectivity index (χ1n) is 10.6. The van der Waals surface area contributed by atoms with Crippen molar-refractivity contribution in [3.63, 3.8) is 0 Å². The van der Waals surface area contributed by atoms with E-state index < -0.39 is 16.0 Å². The van der Waals surface area contributed by atoms with Gasteiger partial charge in [-0.2, -0.15) is 0 Å². The third-order valence-electron chi connectivity index (χ3n) is 5.55. The van der Waals surface area contributed by atoms with Gasteiger partial charge in [0, 0.05) is 24.7 Å². The van der Waals surface area contributed by atoms with Gasteiger partial charge in [-0.05, 0) is 68.1 Å². The molecule has 10 heteroatoms. The molecule has 0 atom stereocenters. The summed E-state index contributed by atoms with van der Waals surface area (Å²) in [6.45, 7) is 4.36. The van der Waals surface area contributed by atoms with E-state index in [9.17, 15) is 18.0 Å². The molecule has 0 unspecified atom stereocenters. The minimum atomic E-state index is -3.54. The van der Waals surface area contributed by atoms with Gasteiger partial charge in [-0.3, -0.25) is 4.79 Å². The minimum Gasteiger partial charge on any atom is -0.462 e. The Balaban J connectivity index is 1.57. The highest BCUT2D eigenvalue weighted by Gasteiger charge is 2.31. The normalized spacial score (nSPS) is 15.3. The van der Waals surface area contributed by atoms with Gasteiger partial charge >= 0.3 is 5.97 Å². The van der Waals surface area contributed by atoms with Gasteiger partial charge in [0.15, 0.2) is 0 Å². The smallest absolute Gasteiger partial charge is 0.338 e. The van der Waals surface area contributed by atoms with Crippen molar-refractivity contribution in [2.75, 3.05) is 25.0 Å². The van der Waals surface area contributed by atoms with Crippen LogP contribution in [0.15, 0.2) is 36.4 Å². The highest BCUT2D eigenvalue weighted by atomic mass is 35.5. The zero-order chi connectivity index (χ0) is 24.2. The van der Waals surface area contributed by atoms with Gasteiger partial charge in [-0.15, -0.1) is 0 Å². The predicted molar refractivity (Wildman–Crippen MR) is 129 cm³/mol. The summed E-state index contributed by atoms with van der Waals surface area (Å²) in [6, 6.07) is 9.73. The number of amides is 1. The van der Waals surface area contributed by atoms with Crippen LogP contribution in [0.4, 0.5) is 5.69 Å². The Labute approximate surface area is 204 Å². The topological polar surface area (TPSA) is 92.8 Å². The molecule has 1 amide bonds. The Morgan fingerprint density at radius 1 is 1.09 bits per heavy atom. The molecular formula is C23H26Cl2N2O5S. The van der Waals surface area contributed by atoms with Crippen LogP contribution in [0.1, 0.15) is 41.3 Å². The lowest BCUT2D eigenvalue weighted by Gasteiger charge is -2.30. The molecule has 2 aromatic rings. The zero-order valence-corrected chi connectivity index (χ0v) is 20.8. The van der Waals surface area contributed by atoms with E-state index in [0.717, 1.165) is 5.56 Å². The Kier molecular flexibility index (Phi) is 8.39. The van der Waals surface area contributed by atoms with Crippen molar-refractivity contribution >= 4 is 50.8 Å². The molecule has 0 aliphatic carbocycles. The lowest BCUT2D eigenvalue weighted by molar-refractivity contribution is -0.120. The molecule has 1 N–H and O–H groups in total. The molecule has 0 bridgehead atoms. The number of aryl methyl sites for hydroxylation is 1. The molecule has 33 heavy (non-hydrogen) atoms. The second-order valence-electron chi connectivity index (χ2n) is 7.92. The van der Waals surface area contributed by atoms with Crippen LogP contribution in [0.5, 0.6) is 0 Å². The average Bonchev–Trinajstić information content (AvgIpc) is 2.77. The van der Waals surface area contributed by atoms with Gasteiger partial charge in [-0.25, -0.2) is 17.5 Å². The molecule has 1 saturated heterocycles. The second-order valence-corrected chi connectivity index (χ2v) is 10.7. The largest absolute Gasteiger partial charge is 0.462 e. The van der Waals surface area contributed by atoms with Crippen LogP contribution in [0.3, 0.4) is 0 Å². The first-order chi connectivity index (χ1) is 15.6. The number of anilines is 1. The quantitative estimate of drug-likeness (QED) is 0.544. The lowest BCUT2D eigenvalue weighted by atomic mass is 9.97. The number of nitrogens with one attached hydrogen (secondary N) is 1. The first kappa shape index (κ1) is 25.5. The number of sulfonamides is 1. The summed E-state index contributed by atoms with van der Waals surface area (Å²) in [6.07, 6.45) is 0.846. The van der Waals surface area contributed by atoms with Crippen LogP contribution in [0.2, 0.25) is 10.0 Å². The zero-order valence-electron chi connectivity index (χ0n) is 18.4. The molecule has 1 fully saturated rings. The van der Waals surface area contributed by atoms with E-state index in [1.165, 1.54) is 4.31 Å². The van der Waals surface area contributed by atoms with Crippen molar-refractivity contribution < 1.29 is 22.7 Å². The number of halogens is 2. The average molecular weight is 513 g/mol. The number of hydrogen-bond acceptors (Lipinski definition) is 5. The summed E-state index contributed by atoms with van der Waals surface area (Å²) in [5.74, 6) is -1.05. The fourth-order valence-electron chi connectivity index (χ4n) is 3.71. The fraction of sp³-hybridized carbons (Fsp3) is 0.391. The van der Waals surface area contributed by atoms with Crippen molar-refractivity contribution in [2.45, 2.75) is 32.4 Å². The highest BCUT2D eigenvalue weighted by Crippen LogP contribution is 2.27. The van der Waals surface area contributed by atoms with Crippen molar-refractivity contribution in [3.05, 3.63) is 63.1 Å². The van der Waals surface area contributed by atoms with E-state index in [0.29, 0.717) is 39.7 Å². The summed E-state index contributed by atoms with van der Waals surface area (Å²) in [4.78, 5) is 24.6. The van der Waals surface area contributed by atoms with Crippen LogP contribution < -0.4 is 5.32 Å². The molecule has 2 aromatic carbocycles. The number of nitrogens with zero attached hydrogens (tertiary/aromatic N) is 1. The third-order valence-corrected chi connectivity index (χ3v) is 8.14. The standard InChI is InChI=1S/C23H26Cl2N2O5S/c1-3-32-23(29)18-5-7-21(15(2)12-18)26-22(28)17-8-10-27(11-9-17)33(30,31)14-16-4-6-19(24)20(25)13-16/h4-7,12-13,17H,3,8-11,14H2,1-2H3,(H,26,28). The molecule has 0 saturated carbocycles. The maximum atomic E-state index is 12.8. The SMILES string of the molecule is CCOC(=O)c1ccc(NC(=O)C2CCN(S(=O)(=O)Cc3ccc(Cl)c(Cl)c3)CC2)c(C)c1. The maximum Gasteiger partial charge on any atom is 0.338 e. The monoisotopic (exact) mass is 512 g/mol. The summed E-state index contributed by atoms with van der Waals surface area (Å²) < 4.78 is 32.0. The van der Waals surface area contributed by atoms with Crippen LogP contribution >= 0.6 is 23.2 Å². The lowest BCUT2D eigenvalue weighted by Crippen LogP contribution is -2.41. The van der Waals surface area contributed by atoms with Crippen LogP contribution in [-0.2, 0) is 25.3 Å². The Morgan fingerprint density at radius 3 is 2.39 bits per heavy atom. The van der Waals surface area contributed by atoms with Crippen LogP contribution in [0.25, 0.3) is 0 Å². The van der Waals surface area contributed by atoms with E-state index in [1.807, 2.05) is 0 Å². The van der Waals surface area contributed by atoms with Crippen molar-refractivity contribution in [3.8, 4) is 0 Å². The molecule has 0 aromatic heterocycles. The number of carbonyl (C=O) groups is 2. The Hall–Kier alpha value is -2.13. The second kappa shape index (κ2) is 10.9. The van der Waals surface area contributed by atoms with E-state index in [2.05, 4.69) is 5.32 Å². The van der Waals surface area contributed by atoms with Crippen molar-refractivity contribution in [2.24, 2.45) is 5.92 Å². The Bertz CT molecular complexity index is 1150.